The average molecular weight is 713 g/mol. The number of fused-ring (bicyclic) bond motifs is 2. The third-order valence-electron chi connectivity index (χ3n) is 10.0. The van der Waals surface area contributed by atoms with Crippen molar-refractivity contribution in [2.45, 2.75) is 37.8 Å². The molecule has 2 saturated heterocycles. The summed E-state index contributed by atoms with van der Waals surface area (Å²) in [6, 6.07) is 32.3. The molecule has 0 radical (unpaired) electrons. The van der Waals surface area contributed by atoms with Gasteiger partial charge in [-0.15, -0.1) is 0 Å². The van der Waals surface area contributed by atoms with Gasteiger partial charge >= 0.3 is 0 Å². The van der Waals surface area contributed by atoms with Crippen LogP contribution in [-0.2, 0) is 9.59 Å². The summed E-state index contributed by atoms with van der Waals surface area (Å²) >= 11 is 0. The number of likely N-dealkylation sites (tertiary alicyclic amines) is 2. The monoisotopic (exact) mass is 712 g/mol. The lowest BCUT2D eigenvalue weighted by molar-refractivity contribution is -0.120. The van der Waals surface area contributed by atoms with Gasteiger partial charge in [-0.05, 0) is 97.1 Å². The highest BCUT2D eigenvalue weighted by molar-refractivity contribution is 6.08. The van der Waals surface area contributed by atoms with Gasteiger partial charge < -0.3 is 20.4 Å². The Morgan fingerprint density at radius 2 is 0.944 bits per heavy atom. The lowest BCUT2D eigenvalue weighted by Gasteiger charge is -2.24. The maximum atomic E-state index is 13.5. The molecule has 10 nitrogen and oxygen atoms in total. The molecule has 10 heteroatoms. The molecular weight excluding hydrogens is 677 g/mol. The van der Waals surface area contributed by atoms with Crippen LogP contribution in [0.3, 0.4) is 0 Å². The minimum absolute atomic E-state index is 0.235. The number of carbonyl (C=O) groups excluding carboxylic acids is 4. The quantitative estimate of drug-likeness (QED) is 0.186. The number of anilines is 2. The van der Waals surface area contributed by atoms with Crippen molar-refractivity contribution in [2.24, 2.45) is 0 Å². The van der Waals surface area contributed by atoms with Crippen molar-refractivity contribution in [1.29, 1.82) is 0 Å². The summed E-state index contributed by atoms with van der Waals surface area (Å²) < 4.78 is 0. The van der Waals surface area contributed by atoms with Crippen molar-refractivity contribution in [1.82, 2.24) is 19.8 Å². The standard InChI is InChI=1S/C44H36N6O4/c51-41(37-11-5-27-49(37)43(53)39-35-9-3-1-7-31(35)23-25-45-39)47-33-19-15-29(16-20-33)13-14-30-17-21-34(22-18-30)48-42(52)38-12-6-28-50(38)44(54)40-36-10-4-2-8-32(36)24-26-46-40/h1-4,7-10,15-26,37-38H,5-6,11-12,27-28H2,(H,47,51)(H,48,52)/t37-,38-/m0/s1. The van der Waals surface area contributed by atoms with Crippen LogP contribution in [0.25, 0.3) is 21.5 Å². The molecule has 8 rings (SSSR count). The number of amides is 4. The molecule has 0 bridgehead atoms. The molecule has 266 valence electrons. The van der Waals surface area contributed by atoms with E-state index in [0.29, 0.717) is 48.7 Å². The van der Waals surface area contributed by atoms with E-state index in [1.165, 1.54) is 0 Å². The number of hydrogen-bond acceptors (Lipinski definition) is 6. The summed E-state index contributed by atoms with van der Waals surface area (Å²) in [5, 5.41) is 9.33. The summed E-state index contributed by atoms with van der Waals surface area (Å²) in [7, 11) is 0. The molecule has 0 spiro atoms. The molecule has 0 unspecified atom stereocenters. The van der Waals surface area contributed by atoms with Gasteiger partial charge in [0.05, 0.1) is 0 Å². The minimum atomic E-state index is -0.586. The summed E-state index contributed by atoms with van der Waals surface area (Å²) in [4.78, 5) is 65.7. The number of nitrogens with zero attached hydrogens (tertiary/aromatic N) is 4. The van der Waals surface area contributed by atoms with Crippen molar-refractivity contribution in [2.75, 3.05) is 23.7 Å². The van der Waals surface area contributed by atoms with Gasteiger partial charge in [-0.3, -0.25) is 29.1 Å². The Balaban J connectivity index is 0.867. The number of nitrogens with one attached hydrogen (secondary N) is 2. The molecule has 2 atom stereocenters. The van der Waals surface area contributed by atoms with Gasteiger partial charge in [0.15, 0.2) is 0 Å². The first kappa shape index (κ1) is 34.2. The molecule has 6 aromatic rings. The summed E-state index contributed by atoms with van der Waals surface area (Å²) in [6.45, 7) is 0.989. The minimum Gasteiger partial charge on any atom is -0.325 e. The van der Waals surface area contributed by atoms with Crippen molar-refractivity contribution in [3.63, 3.8) is 0 Å². The van der Waals surface area contributed by atoms with E-state index in [4.69, 9.17) is 0 Å². The first-order valence-corrected chi connectivity index (χ1v) is 18.1. The highest BCUT2D eigenvalue weighted by Crippen LogP contribution is 2.26. The third kappa shape index (κ3) is 6.99. The van der Waals surface area contributed by atoms with E-state index in [1.807, 2.05) is 84.9 Å². The number of pyridine rings is 2. The van der Waals surface area contributed by atoms with E-state index >= 15 is 0 Å². The zero-order valence-electron chi connectivity index (χ0n) is 29.4. The lowest BCUT2D eigenvalue weighted by Crippen LogP contribution is -2.43. The van der Waals surface area contributed by atoms with E-state index in [9.17, 15) is 19.2 Å². The largest absolute Gasteiger partial charge is 0.325 e. The second kappa shape index (κ2) is 15.0. The first-order valence-electron chi connectivity index (χ1n) is 18.1. The van der Waals surface area contributed by atoms with Gasteiger partial charge in [-0.1, -0.05) is 60.4 Å². The second-order valence-electron chi connectivity index (χ2n) is 13.5. The molecule has 54 heavy (non-hydrogen) atoms. The van der Waals surface area contributed by atoms with Crippen LogP contribution in [0.4, 0.5) is 11.4 Å². The number of hydrogen-bond donors (Lipinski definition) is 2. The number of rotatable bonds is 6. The fourth-order valence-corrected chi connectivity index (χ4v) is 7.29. The Bertz CT molecular complexity index is 2290. The Morgan fingerprint density at radius 3 is 1.37 bits per heavy atom. The number of benzene rings is 4. The van der Waals surface area contributed by atoms with Crippen molar-refractivity contribution in [3.05, 3.63) is 144 Å². The predicted molar refractivity (Wildman–Crippen MR) is 208 cm³/mol. The zero-order valence-corrected chi connectivity index (χ0v) is 29.4. The van der Waals surface area contributed by atoms with Crippen LogP contribution < -0.4 is 10.6 Å². The first-order chi connectivity index (χ1) is 26.4. The van der Waals surface area contributed by atoms with Gasteiger partial charge in [0.25, 0.3) is 11.8 Å². The Kier molecular flexibility index (Phi) is 9.52. The average Bonchev–Trinajstić information content (AvgIpc) is 3.92. The van der Waals surface area contributed by atoms with Gasteiger partial charge in [0, 0.05) is 58.8 Å². The predicted octanol–water partition coefficient (Wildman–Crippen LogP) is 6.67. The molecule has 0 saturated carbocycles. The Labute approximate surface area is 312 Å². The smallest absolute Gasteiger partial charge is 0.273 e. The van der Waals surface area contributed by atoms with Crippen LogP contribution in [0.1, 0.15) is 57.8 Å². The maximum Gasteiger partial charge on any atom is 0.273 e. The van der Waals surface area contributed by atoms with E-state index in [1.54, 1.807) is 46.5 Å². The molecule has 2 aliphatic heterocycles. The highest BCUT2D eigenvalue weighted by Gasteiger charge is 2.37. The summed E-state index contributed by atoms with van der Waals surface area (Å²) in [5.41, 5.74) is 3.46. The van der Waals surface area contributed by atoms with Crippen LogP contribution in [-0.4, -0.2) is 68.6 Å². The molecule has 2 N–H and O–H groups in total. The van der Waals surface area contributed by atoms with Gasteiger partial charge in [0.1, 0.15) is 23.5 Å². The SMILES string of the molecule is O=C(Nc1ccc(C#Cc2ccc(NC(=O)[C@@H]3CCCN3C(=O)c3nccc4ccccc34)cc2)cc1)[C@@H]1CCCN1C(=O)c1nccc2ccccc12. The normalized spacial score (nSPS) is 16.5. The second-order valence-corrected chi connectivity index (χ2v) is 13.5. The number of aromatic nitrogens is 2. The van der Waals surface area contributed by atoms with E-state index in [-0.39, 0.29) is 23.6 Å². The molecule has 2 fully saturated rings. The van der Waals surface area contributed by atoms with Crippen molar-refractivity contribution >= 4 is 56.5 Å². The Morgan fingerprint density at radius 1 is 0.537 bits per heavy atom. The maximum absolute atomic E-state index is 13.5. The molecule has 4 amide bonds. The molecule has 2 aliphatic rings. The lowest BCUT2D eigenvalue weighted by atomic mass is 10.1. The molecule has 4 aromatic carbocycles. The topological polar surface area (TPSA) is 125 Å². The fraction of sp³-hybridized carbons (Fsp3) is 0.182. The van der Waals surface area contributed by atoms with Crippen LogP contribution in [0, 0.1) is 11.8 Å². The van der Waals surface area contributed by atoms with Crippen molar-refractivity contribution in [3.8, 4) is 11.8 Å². The fourth-order valence-electron chi connectivity index (χ4n) is 7.29. The van der Waals surface area contributed by atoms with Crippen LogP contribution in [0.5, 0.6) is 0 Å². The molecule has 4 heterocycles. The van der Waals surface area contributed by atoms with E-state index < -0.39 is 12.1 Å². The van der Waals surface area contributed by atoms with Crippen molar-refractivity contribution < 1.29 is 19.2 Å². The summed E-state index contributed by atoms with van der Waals surface area (Å²) in [6.07, 6.45) is 5.89. The summed E-state index contributed by atoms with van der Waals surface area (Å²) in [5.74, 6) is 5.33. The number of carbonyl (C=O) groups is 4. The van der Waals surface area contributed by atoms with Gasteiger partial charge in [0.2, 0.25) is 11.8 Å². The highest BCUT2D eigenvalue weighted by atomic mass is 16.2. The van der Waals surface area contributed by atoms with Gasteiger partial charge in [-0.2, -0.15) is 0 Å². The van der Waals surface area contributed by atoms with E-state index in [2.05, 4.69) is 32.4 Å². The van der Waals surface area contributed by atoms with Crippen LogP contribution >= 0.6 is 0 Å². The zero-order chi connectivity index (χ0) is 37.0. The van der Waals surface area contributed by atoms with Crippen LogP contribution in [0.2, 0.25) is 0 Å². The molecular formula is C44H36N6O4. The molecule has 0 aliphatic carbocycles. The molecule has 2 aromatic heterocycles. The van der Waals surface area contributed by atoms with E-state index in [0.717, 1.165) is 45.5 Å². The van der Waals surface area contributed by atoms with Crippen LogP contribution in [0.15, 0.2) is 122 Å². The Hall–Kier alpha value is -6.86. The van der Waals surface area contributed by atoms with Gasteiger partial charge in [-0.25, -0.2) is 0 Å². The third-order valence-corrected chi connectivity index (χ3v) is 10.0.